The van der Waals surface area contributed by atoms with Crippen LogP contribution in [0.5, 0.6) is 5.75 Å². The number of nitriles is 1. The fourth-order valence-corrected chi connectivity index (χ4v) is 4.81. The normalized spacial score (nSPS) is 15.5. The Balaban J connectivity index is 1.38. The zero-order valence-corrected chi connectivity index (χ0v) is 21.8. The van der Waals surface area contributed by atoms with Gasteiger partial charge in [0.25, 0.3) is 0 Å². The van der Waals surface area contributed by atoms with Crippen molar-refractivity contribution in [2.24, 2.45) is 0 Å². The summed E-state index contributed by atoms with van der Waals surface area (Å²) < 4.78 is 22.1. The van der Waals surface area contributed by atoms with Crippen LogP contribution in [0.4, 0.5) is 4.39 Å². The first-order valence-corrected chi connectivity index (χ1v) is 12.5. The van der Waals surface area contributed by atoms with Crippen LogP contribution in [0.25, 0.3) is 17.3 Å². The van der Waals surface area contributed by atoms with Crippen molar-refractivity contribution in [1.82, 2.24) is 29.5 Å². The average Bonchev–Trinajstić information content (AvgIpc) is 3.34. The van der Waals surface area contributed by atoms with Gasteiger partial charge >= 0.3 is 0 Å². The van der Waals surface area contributed by atoms with Crippen molar-refractivity contribution >= 4 is 6.08 Å². The second-order valence-electron chi connectivity index (χ2n) is 9.80. The Labute approximate surface area is 218 Å². The molecule has 1 aliphatic heterocycles. The fourth-order valence-electron chi connectivity index (χ4n) is 4.81. The highest BCUT2D eigenvalue weighted by Gasteiger charge is 2.24. The predicted octanol–water partition coefficient (Wildman–Crippen LogP) is 4.49. The van der Waals surface area contributed by atoms with E-state index >= 15 is 0 Å². The topological polar surface area (TPSA) is 83.1 Å². The molecular formula is C28H34FN7O. The molecule has 0 aliphatic carbocycles. The van der Waals surface area contributed by atoms with Crippen LogP contribution in [0.2, 0.25) is 0 Å². The van der Waals surface area contributed by atoms with E-state index in [-0.39, 0.29) is 18.0 Å². The highest BCUT2D eigenvalue weighted by Crippen LogP contribution is 2.26. The van der Waals surface area contributed by atoms with E-state index in [1.54, 1.807) is 24.7 Å². The number of aryl methyl sites for hydroxylation is 1. The first kappa shape index (κ1) is 26.5. The Morgan fingerprint density at radius 2 is 2.05 bits per heavy atom. The van der Waals surface area contributed by atoms with E-state index in [9.17, 15) is 9.65 Å². The van der Waals surface area contributed by atoms with Crippen LogP contribution in [-0.2, 0) is 6.54 Å². The molecule has 37 heavy (non-hydrogen) atoms. The van der Waals surface area contributed by atoms with Crippen LogP contribution in [-0.4, -0.2) is 69.4 Å². The molecule has 1 fully saturated rings. The largest absolute Gasteiger partial charge is 0.490 e. The molecule has 3 heterocycles. The molecule has 0 bridgehead atoms. The lowest BCUT2D eigenvalue weighted by atomic mass is 10.1. The van der Waals surface area contributed by atoms with E-state index in [0.29, 0.717) is 25.3 Å². The van der Waals surface area contributed by atoms with Gasteiger partial charge < -0.3 is 14.5 Å². The van der Waals surface area contributed by atoms with Crippen LogP contribution < -0.4 is 4.74 Å². The number of ether oxygens (including phenoxy) is 1. The molecule has 0 amide bonds. The molecule has 9 heteroatoms. The van der Waals surface area contributed by atoms with E-state index in [1.165, 1.54) is 6.07 Å². The van der Waals surface area contributed by atoms with Crippen molar-refractivity contribution in [1.29, 1.82) is 5.26 Å². The summed E-state index contributed by atoms with van der Waals surface area (Å²) in [7, 11) is 3.92. The predicted molar refractivity (Wildman–Crippen MR) is 141 cm³/mol. The summed E-state index contributed by atoms with van der Waals surface area (Å²) in [5.41, 5.74) is 4.30. The molecule has 1 aromatic carbocycles. The van der Waals surface area contributed by atoms with Crippen molar-refractivity contribution in [3.05, 3.63) is 66.1 Å². The van der Waals surface area contributed by atoms with Crippen molar-refractivity contribution < 1.29 is 9.13 Å². The number of hydrogen-bond donors (Lipinski definition) is 0. The minimum atomic E-state index is -0.276. The number of halogens is 1. The van der Waals surface area contributed by atoms with Gasteiger partial charge in [0.2, 0.25) is 0 Å². The van der Waals surface area contributed by atoms with Crippen molar-refractivity contribution in [2.45, 2.75) is 44.9 Å². The molecule has 3 aromatic rings. The van der Waals surface area contributed by atoms with Crippen LogP contribution in [0.3, 0.4) is 0 Å². The third-order valence-corrected chi connectivity index (χ3v) is 6.60. The van der Waals surface area contributed by atoms with Crippen molar-refractivity contribution in [3.8, 4) is 23.1 Å². The lowest BCUT2D eigenvalue weighted by Crippen LogP contribution is -2.41. The van der Waals surface area contributed by atoms with Gasteiger partial charge in [-0.3, -0.25) is 4.68 Å². The zero-order valence-electron chi connectivity index (χ0n) is 21.8. The maximum atomic E-state index is 14.1. The molecule has 8 nitrogen and oxygen atoms in total. The molecule has 1 aliphatic rings. The standard InChI is InChI=1S/C28H34FN7O/c1-5-27-20(2)31-19-32-28(27)22-15-33-36(17-22)24(6-9-30)18-35-10-7-25(8-11-35)37-26-13-21(16-34(3)4)12-23(29)14-26/h5,12-15,17,19,24-25H,1,6-8,10-11,16,18H2,2-4H3. The number of benzene rings is 1. The fraction of sp³-hybridized carbons (Fsp3) is 0.429. The second-order valence-corrected chi connectivity index (χ2v) is 9.80. The average molecular weight is 504 g/mol. The van der Waals surface area contributed by atoms with E-state index in [4.69, 9.17) is 4.74 Å². The third kappa shape index (κ3) is 6.79. The molecule has 194 valence electrons. The summed E-state index contributed by atoms with van der Waals surface area (Å²) in [6.45, 7) is 8.87. The first-order valence-electron chi connectivity index (χ1n) is 12.5. The molecule has 0 spiro atoms. The highest BCUT2D eigenvalue weighted by atomic mass is 19.1. The Bertz CT molecular complexity index is 1260. The summed E-state index contributed by atoms with van der Waals surface area (Å²) in [6, 6.07) is 7.16. The van der Waals surface area contributed by atoms with Gasteiger partial charge in [0.15, 0.2) is 0 Å². The Morgan fingerprint density at radius 1 is 1.27 bits per heavy atom. The lowest BCUT2D eigenvalue weighted by Gasteiger charge is -2.34. The number of piperidine rings is 1. The Hall–Kier alpha value is -3.61. The molecule has 1 saturated heterocycles. The first-order chi connectivity index (χ1) is 17.9. The Kier molecular flexibility index (Phi) is 8.64. The number of nitrogens with zero attached hydrogens (tertiary/aromatic N) is 7. The smallest absolute Gasteiger partial charge is 0.127 e. The minimum absolute atomic E-state index is 0.0364. The summed E-state index contributed by atoms with van der Waals surface area (Å²) >= 11 is 0. The van der Waals surface area contributed by atoms with Gasteiger partial charge in [-0.05, 0) is 51.6 Å². The zero-order chi connectivity index (χ0) is 26.4. The summed E-state index contributed by atoms with van der Waals surface area (Å²) in [5.74, 6) is 0.308. The SMILES string of the molecule is C=Cc1c(C)ncnc1-c1cnn(C(CC#N)CN2CCC(Oc3cc(F)cc(CN(C)C)c3)CC2)c1. The lowest BCUT2D eigenvalue weighted by molar-refractivity contribution is 0.0908. The minimum Gasteiger partial charge on any atom is -0.490 e. The van der Waals surface area contributed by atoms with Crippen LogP contribution in [0.1, 0.15) is 42.1 Å². The summed E-state index contributed by atoms with van der Waals surface area (Å²) in [6.07, 6.45) is 9.10. The van der Waals surface area contributed by atoms with E-state index in [0.717, 1.165) is 54.0 Å². The monoisotopic (exact) mass is 503 g/mol. The van der Waals surface area contributed by atoms with Gasteiger partial charge in [-0.25, -0.2) is 14.4 Å². The van der Waals surface area contributed by atoms with E-state index < -0.39 is 0 Å². The maximum absolute atomic E-state index is 14.1. The highest BCUT2D eigenvalue weighted by molar-refractivity contribution is 5.71. The molecule has 4 rings (SSSR count). The molecule has 0 saturated carbocycles. The summed E-state index contributed by atoms with van der Waals surface area (Å²) in [4.78, 5) is 13.0. The third-order valence-electron chi connectivity index (χ3n) is 6.60. The molecule has 1 unspecified atom stereocenters. The van der Waals surface area contributed by atoms with Gasteiger partial charge in [0, 0.05) is 55.3 Å². The van der Waals surface area contributed by atoms with Crippen LogP contribution in [0.15, 0.2) is 43.5 Å². The molecule has 1 atom stereocenters. The van der Waals surface area contributed by atoms with Crippen LogP contribution in [0, 0.1) is 24.1 Å². The molecule has 2 aromatic heterocycles. The Morgan fingerprint density at radius 3 is 2.76 bits per heavy atom. The van der Waals surface area contributed by atoms with Gasteiger partial charge in [0.05, 0.1) is 30.4 Å². The number of rotatable bonds is 10. The second kappa shape index (κ2) is 12.1. The van der Waals surface area contributed by atoms with Gasteiger partial charge in [-0.2, -0.15) is 10.4 Å². The number of hydrogen-bond acceptors (Lipinski definition) is 7. The molecule has 0 N–H and O–H groups in total. The maximum Gasteiger partial charge on any atom is 0.127 e. The van der Waals surface area contributed by atoms with Crippen molar-refractivity contribution in [2.75, 3.05) is 33.7 Å². The van der Waals surface area contributed by atoms with E-state index in [1.807, 2.05) is 42.9 Å². The quantitative estimate of drug-likeness (QED) is 0.403. The van der Waals surface area contributed by atoms with E-state index in [2.05, 4.69) is 32.6 Å². The summed E-state index contributed by atoms with van der Waals surface area (Å²) in [5, 5.41) is 14.0. The van der Waals surface area contributed by atoms with Gasteiger partial charge in [-0.15, -0.1) is 0 Å². The van der Waals surface area contributed by atoms with Crippen LogP contribution >= 0.6 is 0 Å². The number of likely N-dealkylation sites (tertiary alicyclic amines) is 1. The molecule has 0 radical (unpaired) electrons. The molecular weight excluding hydrogens is 469 g/mol. The van der Waals surface area contributed by atoms with Gasteiger partial charge in [-0.1, -0.05) is 12.7 Å². The van der Waals surface area contributed by atoms with Gasteiger partial charge in [0.1, 0.15) is 24.0 Å². The van der Waals surface area contributed by atoms with Crippen molar-refractivity contribution in [3.63, 3.8) is 0 Å². The number of aromatic nitrogens is 4.